The van der Waals surface area contributed by atoms with Crippen LogP contribution in [0.3, 0.4) is 0 Å². The summed E-state index contributed by atoms with van der Waals surface area (Å²) < 4.78 is 0. The third-order valence-corrected chi connectivity index (χ3v) is 3.66. The van der Waals surface area contributed by atoms with Crippen LogP contribution in [0.4, 0.5) is 0 Å². The van der Waals surface area contributed by atoms with Crippen LogP contribution in [-0.2, 0) is 4.79 Å². The van der Waals surface area contributed by atoms with Crippen LogP contribution in [-0.4, -0.2) is 41.6 Å². The van der Waals surface area contributed by atoms with Crippen molar-refractivity contribution in [2.75, 3.05) is 20.6 Å². The zero-order valence-electron chi connectivity index (χ0n) is 12.1. The van der Waals surface area contributed by atoms with Crippen LogP contribution in [0.1, 0.15) is 18.2 Å². The number of aryl methyl sites for hydroxylation is 1. The van der Waals surface area contributed by atoms with E-state index in [0.717, 1.165) is 27.1 Å². The SMILES string of the molecule is CCN=C1N/C(=C\C(=O)N(C)C)c2ccc(C)nc2S1. The summed E-state index contributed by atoms with van der Waals surface area (Å²) >= 11 is 1.50. The van der Waals surface area contributed by atoms with E-state index >= 15 is 0 Å². The summed E-state index contributed by atoms with van der Waals surface area (Å²) in [6, 6.07) is 3.92. The second-order valence-corrected chi connectivity index (χ2v) is 5.58. The average molecular weight is 290 g/mol. The molecule has 1 aliphatic rings. The molecule has 0 aliphatic carbocycles. The Kier molecular flexibility index (Phi) is 4.44. The van der Waals surface area contributed by atoms with Crippen LogP contribution in [0.15, 0.2) is 28.2 Å². The number of nitrogens with one attached hydrogen (secondary N) is 1. The number of hydrogen-bond donors (Lipinski definition) is 1. The number of thioether (sulfide) groups is 1. The van der Waals surface area contributed by atoms with Gasteiger partial charge < -0.3 is 10.2 Å². The monoisotopic (exact) mass is 290 g/mol. The van der Waals surface area contributed by atoms with Gasteiger partial charge in [0.25, 0.3) is 0 Å². The van der Waals surface area contributed by atoms with Crippen LogP contribution in [0, 0.1) is 6.92 Å². The molecule has 2 heterocycles. The Morgan fingerprint density at radius 1 is 1.50 bits per heavy atom. The molecule has 1 aromatic rings. The molecule has 0 fully saturated rings. The first-order valence-corrected chi connectivity index (χ1v) is 7.23. The lowest BCUT2D eigenvalue weighted by atomic mass is 10.2. The van der Waals surface area contributed by atoms with Gasteiger partial charge in [-0.2, -0.15) is 0 Å². The summed E-state index contributed by atoms with van der Waals surface area (Å²) in [6.45, 7) is 4.61. The van der Waals surface area contributed by atoms with Crippen LogP contribution in [0.25, 0.3) is 5.70 Å². The van der Waals surface area contributed by atoms with Crippen LogP contribution in [0.5, 0.6) is 0 Å². The van der Waals surface area contributed by atoms with E-state index in [1.54, 1.807) is 20.2 Å². The molecule has 0 bridgehead atoms. The average Bonchev–Trinajstić information content (AvgIpc) is 2.38. The van der Waals surface area contributed by atoms with Crippen molar-refractivity contribution in [3.63, 3.8) is 0 Å². The van der Waals surface area contributed by atoms with Gasteiger partial charge in [-0.15, -0.1) is 0 Å². The molecule has 0 saturated heterocycles. The van der Waals surface area contributed by atoms with Crippen molar-refractivity contribution < 1.29 is 4.79 Å². The zero-order valence-corrected chi connectivity index (χ0v) is 12.9. The van der Waals surface area contributed by atoms with Gasteiger partial charge in [0.15, 0.2) is 5.17 Å². The van der Waals surface area contributed by atoms with Crippen LogP contribution >= 0.6 is 11.8 Å². The largest absolute Gasteiger partial charge is 0.345 e. The molecule has 5 nitrogen and oxygen atoms in total. The van der Waals surface area contributed by atoms with Crippen LogP contribution in [0.2, 0.25) is 0 Å². The number of pyridine rings is 1. The van der Waals surface area contributed by atoms with E-state index in [2.05, 4.69) is 15.3 Å². The first-order chi connectivity index (χ1) is 9.51. The van der Waals surface area contributed by atoms with Crippen molar-refractivity contribution in [1.82, 2.24) is 15.2 Å². The van der Waals surface area contributed by atoms with Gasteiger partial charge in [-0.1, -0.05) is 0 Å². The summed E-state index contributed by atoms with van der Waals surface area (Å²) in [5.41, 5.74) is 2.63. The Morgan fingerprint density at radius 2 is 2.25 bits per heavy atom. The maximum atomic E-state index is 11.9. The number of aliphatic imine (C=N–C) groups is 1. The van der Waals surface area contributed by atoms with E-state index in [9.17, 15) is 4.79 Å². The normalized spacial score (nSPS) is 17.8. The predicted octanol–water partition coefficient (Wildman–Crippen LogP) is 1.89. The van der Waals surface area contributed by atoms with Gasteiger partial charge in [0.2, 0.25) is 5.91 Å². The number of likely N-dealkylation sites (N-methyl/N-ethyl adjacent to an activating group) is 1. The van der Waals surface area contributed by atoms with Gasteiger partial charge in [0, 0.05) is 38.0 Å². The number of rotatable bonds is 2. The summed E-state index contributed by atoms with van der Waals surface area (Å²) in [6.07, 6.45) is 1.58. The Morgan fingerprint density at radius 3 is 2.90 bits per heavy atom. The smallest absolute Gasteiger partial charge is 0.248 e. The minimum atomic E-state index is -0.0678. The standard InChI is InChI=1S/C14H18N4OS/c1-5-15-14-17-11(8-12(19)18(3)4)10-7-6-9(2)16-13(10)20-14/h6-8H,5H2,1-4H3,(H,15,17)/b11-8-. The molecule has 1 N–H and O–H groups in total. The number of amides is 1. The van der Waals surface area contributed by atoms with E-state index in [1.165, 1.54) is 16.7 Å². The highest BCUT2D eigenvalue weighted by Crippen LogP contribution is 2.31. The Labute approximate surface area is 123 Å². The Bertz CT molecular complexity index is 593. The molecule has 0 atom stereocenters. The number of amidine groups is 1. The first-order valence-electron chi connectivity index (χ1n) is 6.41. The Hall–Kier alpha value is -1.82. The fourth-order valence-corrected chi connectivity index (χ4v) is 2.71. The topological polar surface area (TPSA) is 57.6 Å². The lowest BCUT2D eigenvalue weighted by Gasteiger charge is -2.21. The summed E-state index contributed by atoms with van der Waals surface area (Å²) in [5, 5.41) is 4.86. The molecule has 0 aromatic carbocycles. The third-order valence-electron chi connectivity index (χ3n) is 2.73. The van der Waals surface area contributed by atoms with Gasteiger partial charge >= 0.3 is 0 Å². The molecule has 0 saturated carbocycles. The molecule has 0 unspecified atom stereocenters. The molecule has 1 aromatic heterocycles. The Balaban J connectivity index is 2.47. The number of carbonyl (C=O) groups excluding carboxylic acids is 1. The van der Waals surface area contributed by atoms with Gasteiger partial charge in [0.1, 0.15) is 5.03 Å². The molecule has 20 heavy (non-hydrogen) atoms. The number of aromatic nitrogens is 1. The summed E-state index contributed by atoms with van der Waals surface area (Å²) in [5.74, 6) is -0.0678. The molecule has 2 rings (SSSR count). The fourth-order valence-electron chi connectivity index (χ4n) is 1.70. The van der Waals surface area contributed by atoms with Crippen molar-refractivity contribution in [3.05, 3.63) is 29.5 Å². The number of fused-ring (bicyclic) bond motifs is 1. The lowest BCUT2D eigenvalue weighted by molar-refractivity contribution is -0.123. The second-order valence-electron chi connectivity index (χ2n) is 4.60. The number of nitrogens with zero attached hydrogens (tertiary/aromatic N) is 3. The quantitative estimate of drug-likeness (QED) is 0.845. The number of hydrogen-bond acceptors (Lipinski definition) is 4. The van der Waals surface area contributed by atoms with Gasteiger partial charge in [-0.3, -0.25) is 9.79 Å². The second kappa shape index (κ2) is 6.09. The van der Waals surface area contributed by atoms with Crippen molar-refractivity contribution in [2.24, 2.45) is 4.99 Å². The highest BCUT2D eigenvalue weighted by Gasteiger charge is 2.21. The fraction of sp³-hybridized carbons (Fsp3) is 0.357. The van der Waals surface area contributed by atoms with Crippen molar-refractivity contribution in [1.29, 1.82) is 0 Å². The van der Waals surface area contributed by atoms with E-state index in [-0.39, 0.29) is 5.91 Å². The highest BCUT2D eigenvalue weighted by molar-refractivity contribution is 8.14. The van der Waals surface area contributed by atoms with E-state index < -0.39 is 0 Å². The molecular formula is C14H18N4OS. The molecule has 1 amide bonds. The van der Waals surface area contributed by atoms with E-state index in [1.807, 2.05) is 26.0 Å². The van der Waals surface area contributed by atoms with Crippen molar-refractivity contribution in [3.8, 4) is 0 Å². The predicted molar refractivity (Wildman–Crippen MR) is 82.6 cm³/mol. The molecular weight excluding hydrogens is 272 g/mol. The molecule has 6 heteroatoms. The minimum Gasteiger partial charge on any atom is -0.345 e. The van der Waals surface area contributed by atoms with Crippen molar-refractivity contribution in [2.45, 2.75) is 18.9 Å². The van der Waals surface area contributed by atoms with Gasteiger partial charge in [0.05, 0.1) is 5.70 Å². The van der Waals surface area contributed by atoms with E-state index in [0.29, 0.717) is 6.54 Å². The summed E-state index contributed by atoms with van der Waals surface area (Å²) in [7, 11) is 3.46. The maximum absolute atomic E-state index is 11.9. The lowest BCUT2D eigenvalue weighted by Crippen LogP contribution is -2.27. The summed E-state index contributed by atoms with van der Waals surface area (Å²) in [4.78, 5) is 22.3. The maximum Gasteiger partial charge on any atom is 0.248 e. The molecule has 0 radical (unpaired) electrons. The van der Waals surface area contributed by atoms with Crippen molar-refractivity contribution >= 4 is 28.5 Å². The zero-order chi connectivity index (χ0) is 14.7. The first kappa shape index (κ1) is 14.6. The molecule has 0 spiro atoms. The minimum absolute atomic E-state index is 0.0678. The van der Waals surface area contributed by atoms with Crippen LogP contribution < -0.4 is 5.32 Å². The molecule has 106 valence electrons. The van der Waals surface area contributed by atoms with Gasteiger partial charge in [-0.25, -0.2) is 4.98 Å². The van der Waals surface area contributed by atoms with E-state index in [4.69, 9.17) is 0 Å². The van der Waals surface area contributed by atoms with Gasteiger partial charge in [-0.05, 0) is 37.7 Å². The third kappa shape index (κ3) is 3.19. The number of carbonyl (C=O) groups is 1. The highest BCUT2D eigenvalue weighted by atomic mass is 32.2. The molecule has 1 aliphatic heterocycles.